The molecule has 0 fully saturated rings. The van der Waals surface area contributed by atoms with E-state index in [0.717, 1.165) is 5.56 Å². The summed E-state index contributed by atoms with van der Waals surface area (Å²) in [6, 6.07) is 23.7. The number of hydrogen-bond acceptors (Lipinski definition) is 0. The van der Waals surface area contributed by atoms with E-state index in [2.05, 4.69) is 96.2 Å². The van der Waals surface area contributed by atoms with Gasteiger partial charge in [0.1, 0.15) is 0 Å². The van der Waals surface area contributed by atoms with Gasteiger partial charge in [-0.05, 0) is 74.1 Å². The number of hydrogen-bond donors (Lipinski definition) is 0. The van der Waals surface area contributed by atoms with Crippen molar-refractivity contribution >= 4 is 38.4 Å². The van der Waals surface area contributed by atoms with Crippen molar-refractivity contribution < 1.29 is 0 Å². The Bertz CT molecular complexity index is 1250. The third-order valence-corrected chi connectivity index (χ3v) is 4.21. The molecule has 0 atom stereocenters. The van der Waals surface area contributed by atoms with Gasteiger partial charge in [-0.2, -0.15) is 0 Å². The van der Waals surface area contributed by atoms with Gasteiger partial charge in [-0.3, -0.25) is 0 Å². The first-order valence-electron chi connectivity index (χ1n) is 7.82. The number of rotatable bonds is 1. The maximum atomic E-state index is 3.47. The zero-order valence-electron chi connectivity index (χ0n) is 13.1. The predicted octanol–water partition coefficient (Wildman–Crippen LogP) is 6.41. The summed E-state index contributed by atoms with van der Waals surface area (Å²) >= 11 is 0. The van der Waals surface area contributed by atoms with Gasteiger partial charge in [0, 0.05) is 0 Å². The van der Waals surface area contributed by atoms with E-state index in [0.29, 0.717) is 0 Å². The summed E-state index contributed by atoms with van der Waals surface area (Å²) in [7, 11) is 0. The quantitative estimate of drug-likeness (QED) is 0.216. The molecular formula is C24H14. The van der Waals surface area contributed by atoms with Gasteiger partial charge in [0.15, 0.2) is 0 Å². The maximum Gasteiger partial charge on any atom is -0.00262 e. The molecule has 0 aliphatic heterocycles. The van der Waals surface area contributed by atoms with E-state index >= 15 is 0 Å². The zero-order valence-corrected chi connectivity index (χ0v) is 13.1. The first-order chi connectivity index (χ1) is 11.9. The normalized spacial score (nSPS) is 10.0. The lowest BCUT2D eigenvalue weighted by Gasteiger charge is -2.08. The molecule has 0 amide bonds. The van der Waals surface area contributed by atoms with Crippen molar-refractivity contribution in [3.63, 3.8) is 0 Å². The first-order valence-corrected chi connectivity index (χ1v) is 7.82. The van der Waals surface area contributed by atoms with Crippen molar-refractivity contribution in [2.24, 2.45) is 0 Å². The summed E-state index contributed by atoms with van der Waals surface area (Å²) in [5.41, 5.74) is 12.1. The molecule has 0 N–H and O–H groups in total. The molecule has 0 spiro atoms. The Morgan fingerprint density at radius 1 is 0.708 bits per heavy atom. The van der Waals surface area contributed by atoms with Crippen LogP contribution in [0.5, 0.6) is 0 Å². The molecule has 0 aliphatic carbocycles. The van der Waals surface area contributed by atoms with Crippen molar-refractivity contribution in [1.82, 2.24) is 0 Å². The second kappa shape index (κ2) is 5.96. The standard InChI is InChI=1S/C24H14/c1-2-3-4-5-9-18-12-8-13-19-14-15-22-16-20-10-6-7-11-21(20)17-23(22)24(18)19/h6-17H,1H2. The molecule has 4 aromatic rings. The van der Waals surface area contributed by atoms with Crippen LogP contribution in [0, 0.1) is 0 Å². The van der Waals surface area contributed by atoms with Crippen LogP contribution >= 0.6 is 0 Å². The van der Waals surface area contributed by atoms with Gasteiger partial charge in [-0.1, -0.05) is 66.1 Å². The lowest BCUT2D eigenvalue weighted by molar-refractivity contribution is 1.74. The molecule has 0 unspecified atom stereocenters. The lowest BCUT2D eigenvalue weighted by atomic mass is 9.95. The van der Waals surface area contributed by atoms with E-state index in [1.54, 1.807) is 0 Å². The Morgan fingerprint density at radius 2 is 1.46 bits per heavy atom. The van der Waals surface area contributed by atoms with Gasteiger partial charge in [0.2, 0.25) is 0 Å². The van der Waals surface area contributed by atoms with Crippen LogP contribution in [0.15, 0.2) is 96.2 Å². The Kier molecular flexibility index (Phi) is 3.51. The van der Waals surface area contributed by atoms with E-state index in [1.165, 1.54) is 32.3 Å². The third kappa shape index (κ3) is 2.41. The molecule has 0 heterocycles. The molecule has 0 aromatic heterocycles. The minimum absolute atomic E-state index is 1.12. The van der Waals surface area contributed by atoms with Crippen LogP contribution in [-0.2, 0) is 0 Å². The second-order valence-corrected chi connectivity index (χ2v) is 5.65. The number of benzene rings is 4. The Hall–Kier alpha value is -3.48. The van der Waals surface area contributed by atoms with Crippen LogP contribution in [-0.4, -0.2) is 0 Å². The Morgan fingerprint density at radius 3 is 2.29 bits per heavy atom. The van der Waals surface area contributed by atoms with Crippen molar-refractivity contribution in [2.75, 3.05) is 0 Å². The van der Waals surface area contributed by atoms with Crippen LogP contribution in [0.1, 0.15) is 5.56 Å². The minimum atomic E-state index is 1.12. The van der Waals surface area contributed by atoms with Gasteiger partial charge >= 0.3 is 0 Å². The molecule has 24 heavy (non-hydrogen) atoms. The number of fused-ring (bicyclic) bond motifs is 4. The summed E-state index contributed by atoms with van der Waals surface area (Å²) < 4.78 is 0. The van der Waals surface area contributed by atoms with Crippen molar-refractivity contribution in [3.8, 4) is 0 Å². The molecular weight excluding hydrogens is 288 g/mol. The van der Waals surface area contributed by atoms with E-state index in [4.69, 9.17) is 0 Å². The summed E-state index contributed by atoms with van der Waals surface area (Å²) in [6.45, 7) is 3.47. The van der Waals surface area contributed by atoms with Crippen LogP contribution in [0.2, 0.25) is 0 Å². The molecule has 0 aliphatic rings. The average Bonchev–Trinajstić information content (AvgIpc) is 2.63. The van der Waals surface area contributed by atoms with Gasteiger partial charge in [0.05, 0.1) is 0 Å². The average molecular weight is 302 g/mol. The molecule has 110 valence electrons. The molecule has 0 bridgehead atoms. The van der Waals surface area contributed by atoms with Crippen LogP contribution in [0.3, 0.4) is 0 Å². The van der Waals surface area contributed by atoms with Crippen LogP contribution in [0.4, 0.5) is 0 Å². The maximum absolute atomic E-state index is 3.47. The van der Waals surface area contributed by atoms with E-state index in [9.17, 15) is 0 Å². The molecule has 0 nitrogen and oxygen atoms in total. The monoisotopic (exact) mass is 302 g/mol. The van der Waals surface area contributed by atoms with Crippen molar-refractivity contribution in [1.29, 1.82) is 0 Å². The first kappa shape index (κ1) is 14.1. The smallest absolute Gasteiger partial charge is 0.00262 e. The summed E-state index contributed by atoms with van der Waals surface area (Å²) in [4.78, 5) is 0. The summed E-state index contributed by atoms with van der Waals surface area (Å²) in [5, 5.41) is 7.46. The highest BCUT2D eigenvalue weighted by Crippen LogP contribution is 2.32. The molecule has 4 rings (SSSR count). The topological polar surface area (TPSA) is 0 Å². The lowest BCUT2D eigenvalue weighted by Crippen LogP contribution is -1.83. The van der Waals surface area contributed by atoms with Gasteiger partial charge in [-0.15, -0.1) is 0 Å². The van der Waals surface area contributed by atoms with Crippen molar-refractivity contribution in [3.05, 3.63) is 102 Å². The fourth-order valence-corrected chi connectivity index (χ4v) is 3.14. The zero-order chi connectivity index (χ0) is 16.4. The second-order valence-electron chi connectivity index (χ2n) is 5.65. The minimum Gasteiger partial charge on any atom is -0.0687 e. The molecule has 0 radical (unpaired) electrons. The van der Waals surface area contributed by atoms with Crippen molar-refractivity contribution in [2.45, 2.75) is 0 Å². The molecule has 0 saturated heterocycles. The SMILES string of the molecule is C=C=C=C=C=Cc1cccc2ccc3cc4ccccc4cc3c12. The molecule has 0 saturated carbocycles. The summed E-state index contributed by atoms with van der Waals surface area (Å²) in [5.74, 6) is 0. The Balaban J connectivity index is 2.16. The Labute approximate surface area is 140 Å². The van der Waals surface area contributed by atoms with Gasteiger partial charge in [0.25, 0.3) is 0 Å². The van der Waals surface area contributed by atoms with E-state index < -0.39 is 0 Å². The predicted molar refractivity (Wildman–Crippen MR) is 103 cm³/mol. The third-order valence-electron chi connectivity index (χ3n) is 4.21. The van der Waals surface area contributed by atoms with Crippen LogP contribution < -0.4 is 0 Å². The largest absolute Gasteiger partial charge is 0.0687 e. The van der Waals surface area contributed by atoms with E-state index in [-0.39, 0.29) is 0 Å². The molecule has 0 heteroatoms. The highest BCUT2D eigenvalue weighted by atomic mass is 14.1. The highest BCUT2D eigenvalue weighted by molar-refractivity contribution is 6.14. The highest BCUT2D eigenvalue weighted by Gasteiger charge is 2.05. The summed E-state index contributed by atoms with van der Waals surface area (Å²) in [6.07, 6.45) is 1.93. The van der Waals surface area contributed by atoms with Crippen LogP contribution in [0.25, 0.3) is 38.4 Å². The van der Waals surface area contributed by atoms with Gasteiger partial charge in [-0.25, -0.2) is 0 Å². The van der Waals surface area contributed by atoms with Gasteiger partial charge < -0.3 is 0 Å². The molecule has 4 aromatic carbocycles. The fourth-order valence-electron chi connectivity index (χ4n) is 3.14. The van der Waals surface area contributed by atoms with E-state index in [1.807, 2.05) is 6.08 Å². The fraction of sp³-hybridized carbons (Fsp3) is 0.